The van der Waals surface area contributed by atoms with Gasteiger partial charge in [0, 0.05) is 17.3 Å². The minimum Gasteiger partial charge on any atom is -0.486 e. The lowest BCUT2D eigenvalue weighted by molar-refractivity contribution is 0.289. The first-order valence-electron chi connectivity index (χ1n) is 8.25. The van der Waals surface area contributed by atoms with E-state index in [1.165, 1.54) is 0 Å². The molecule has 3 rings (SSSR count). The van der Waals surface area contributed by atoms with E-state index in [4.69, 9.17) is 16.3 Å². The summed E-state index contributed by atoms with van der Waals surface area (Å²) in [5, 5.41) is 10.2. The third-order valence-electron chi connectivity index (χ3n) is 3.72. The highest BCUT2D eigenvalue weighted by Gasteiger charge is 2.12. The number of allylic oxidation sites excluding steroid dienone is 1. The second-order valence-electron chi connectivity index (χ2n) is 5.82. The van der Waals surface area contributed by atoms with Crippen molar-refractivity contribution in [1.29, 1.82) is 0 Å². The summed E-state index contributed by atoms with van der Waals surface area (Å²) in [6.45, 7) is 6.87. The number of aromatic nitrogens is 3. The van der Waals surface area contributed by atoms with Crippen molar-refractivity contribution < 1.29 is 4.74 Å². The van der Waals surface area contributed by atoms with E-state index < -0.39 is 0 Å². The highest BCUT2D eigenvalue weighted by Crippen LogP contribution is 2.24. The Hall–Kier alpha value is -2.24. The Morgan fingerprint density at radius 1 is 1.19 bits per heavy atom. The van der Waals surface area contributed by atoms with Gasteiger partial charge in [0.1, 0.15) is 12.4 Å². The van der Waals surface area contributed by atoms with Gasteiger partial charge in [-0.25, -0.2) is 0 Å². The molecule has 0 aliphatic heterocycles. The summed E-state index contributed by atoms with van der Waals surface area (Å²) in [4.78, 5) is 0. The fourth-order valence-corrected chi connectivity index (χ4v) is 3.60. The van der Waals surface area contributed by atoms with Gasteiger partial charge in [0.05, 0.1) is 0 Å². The number of hydrogen-bond acceptors (Lipinski definition) is 4. The summed E-state index contributed by atoms with van der Waals surface area (Å²) in [7, 11) is 0. The molecule has 0 fully saturated rings. The van der Waals surface area contributed by atoms with Gasteiger partial charge in [-0.1, -0.05) is 53.7 Å². The number of nitrogens with zero attached hydrogens (tertiary/aromatic N) is 3. The average molecular weight is 386 g/mol. The number of halogens is 1. The van der Waals surface area contributed by atoms with Crippen LogP contribution in [0.4, 0.5) is 0 Å². The van der Waals surface area contributed by atoms with Crippen LogP contribution in [0.2, 0.25) is 5.02 Å². The smallest absolute Gasteiger partial charge is 0.191 e. The van der Waals surface area contributed by atoms with Crippen LogP contribution in [0.15, 0.2) is 66.3 Å². The fourth-order valence-electron chi connectivity index (χ4n) is 2.47. The molecule has 3 aromatic rings. The van der Waals surface area contributed by atoms with Crippen molar-refractivity contribution in [3.05, 3.63) is 83.2 Å². The molecule has 134 valence electrons. The summed E-state index contributed by atoms with van der Waals surface area (Å²) in [5.74, 6) is 2.38. The normalized spacial score (nSPS) is 10.7. The van der Waals surface area contributed by atoms with Gasteiger partial charge in [0.2, 0.25) is 0 Å². The standard InChI is InChI=1S/C20H20ClN3OS/c1-3-10-24-19(13-25-18-9-4-6-15(2)11-18)22-23-20(24)26-14-16-7-5-8-17(21)12-16/h3-9,11-12H,1,10,13-14H2,2H3. The van der Waals surface area contributed by atoms with Crippen molar-refractivity contribution >= 4 is 23.4 Å². The van der Waals surface area contributed by atoms with E-state index in [1.807, 2.05) is 60.0 Å². The van der Waals surface area contributed by atoms with Crippen LogP contribution in [0.1, 0.15) is 17.0 Å². The van der Waals surface area contributed by atoms with E-state index in [-0.39, 0.29) is 0 Å². The zero-order valence-electron chi connectivity index (χ0n) is 14.6. The van der Waals surface area contributed by atoms with Crippen molar-refractivity contribution in [2.45, 2.75) is 31.0 Å². The summed E-state index contributed by atoms with van der Waals surface area (Å²) in [5.41, 5.74) is 2.31. The Kier molecular flexibility index (Phi) is 6.36. The lowest BCUT2D eigenvalue weighted by atomic mass is 10.2. The first kappa shape index (κ1) is 18.5. The van der Waals surface area contributed by atoms with Gasteiger partial charge in [-0.3, -0.25) is 4.57 Å². The molecule has 0 saturated carbocycles. The lowest BCUT2D eigenvalue weighted by Crippen LogP contribution is -2.07. The quantitative estimate of drug-likeness (QED) is 0.390. The minimum absolute atomic E-state index is 0.363. The van der Waals surface area contributed by atoms with Crippen molar-refractivity contribution in [2.24, 2.45) is 0 Å². The zero-order valence-corrected chi connectivity index (χ0v) is 16.1. The molecule has 1 heterocycles. The van der Waals surface area contributed by atoms with Crippen LogP contribution < -0.4 is 4.74 Å². The Balaban J connectivity index is 1.70. The molecule has 4 nitrogen and oxygen atoms in total. The molecule has 0 saturated heterocycles. The minimum atomic E-state index is 0.363. The molecule has 1 aromatic heterocycles. The van der Waals surface area contributed by atoms with Crippen LogP contribution in [0, 0.1) is 6.92 Å². The third-order valence-corrected chi connectivity index (χ3v) is 4.99. The molecule has 0 bridgehead atoms. The van der Waals surface area contributed by atoms with Gasteiger partial charge in [-0.05, 0) is 42.3 Å². The van der Waals surface area contributed by atoms with Gasteiger partial charge in [0.25, 0.3) is 0 Å². The maximum Gasteiger partial charge on any atom is 0.191 e. The molecule has 2 aromatic carbocycles. The van der Waals surface area contributed by atoms with Crippen LogP contribution in [-0.2, 0) is 18.9 Å². The molecule has 0 unspecified atom stereocenters. The molecule has 0 radical (unpaired) electrons. The van der Waals surface area contributed by atoms with Gasteiger partial charge >= 0.3 is 0 Å². The second kappa shape index (κ2) is 8.92. The molecule has 0 N–H and O–H groups in total. The number of rotatable bonds is 8. The van der Waals surface area contributed by atoms with Gasteiger partial charge in [0.15, 0.2) is 11.0 Å². The summed E-state index contributed by atoms with van der Waals surface area (Å²) in [6.07, 6.45) is 1.84. The molecular weight excluding hydrogens is 366 g/mol. The predicted octanol–water partition coefficient (Wildman–Crippen LogP) is 5.30. The lowest BCUT2D eigenvalue weighted by Gasteiger charge is -2.09. The average Bonchev–Trinajstić information content (AvgIpc) is 3.01. The third kappa shape index (κ3) is 4.90. The van der Waals surface area contributed by atoms with Gasteiger partial charge in [-0.2, -0.15) is 0 Å². The highest BCUT2D eigenvalue weighted by molar-refractivity contribution is 7.98. The van der Waals surface area contributed by atoms with Crippen LogP contribution in [0.25, 0.3) is 0 Å². The first-order valence-corrected chi connectivity index (χ1v) is 9.62. The molecule has 6 heteroatoms. The molecule has 0 aliphatic rings. The topological polar surface area (TPSA) is 39.9 Å². The molecule has 0 aliphatic carbocycles. The van der Waals surface area contributed by atoms with Crippen molar-refractivity contribution in [3.8, 4) is 5.75 Å². The molecule has 26 heavy (non-hydrogen) atoms. The van der Waals surface area contributed by atoms with Crippen molar-refractivity contribution in [2.75, 3.05) is 0 Å². The maximum absolute atomic E-state index is 6.05. The number of hydrogen-bond donors (Lipinski definition) is 0. The SMILES string of the molecule is C=CCn1c(COc2cccc(C)c2)nnc1SCc1cccc(Cl)c1. The van der Waals surface area contributed by atoms with E-state index in [1.54, 1.807) is 11.8 Å². The largest absolute Gasteiger partial charge is 0.486 e. The second-order valence-corrected chi connectivity index (χ2v) is 7.20. The Morgan fingerprint density at radius 3 is 2.81 bits per heavy atom. The van der Waals surface area contributed by atoms with Crippen LogP contribution in [0.3, 0.4) is 0 Å². The summed E-state index contributed by atoms with van der Waals surface area (Å²) < 4.78 is 7.89. The predicted molar refractivity (Wildman–Crippen MR) is 107 cm³/mol. The number of benzene rings is 2. The zero-order chi connectivity index (χ0) is 18.4. The van der Waals surface area contributed by atoms with Crippen molar-refractivity contribution in [1.82, 2.24) is 14.8 Å². The summed E-state index contributed by atoms with van der Waals surface area (Å²) >= 11 is 7.67. The molecule has 0 atom stereocenters. The summed E-state index contributed by atoms with van der Waals surface area (Å²) in [6, 6.07) is 15.8. The maximum atomic E-state index is 6.05. The fraction of sp³-hybridized carbons (Fsp3) is 0.200. The number of ether oxygens (including phenoxy) is 1. The van der Waals surface area contributed by atoms with Crippen molar-refractivity contribution in [3.63, 3.8) is 0 Å². The number of thioether (sulfide) groups is 1. The highest BCUT2D eigenvalue weighted by atomic mass is 35.5. The van der Waals surface area contributed by atoms with Crippen LogP contribution >= 0.6 is 23.4 Å². The van der Waals surface area contributed by atoms with E-state index in [2.05, 4.69) is 22.8 Å². The van der Waals surface area contributed by atoms with E-state index in [0.717, 1.165) is 38.6 Å². The molecular formula is C20H20ClN3OS. The van der Waals surface area contributed by atoms with E-state index in [9.17, 15) is 0 Å². The van der Waals surface area contributed by atoms with E-state index >= 15 is 0 Å². The monoisotopic (exact) mass is 385 g/mol. The molecule has 0 amide bonds. The van der Waals surface area contributed by atoms with E-state index in [0.29, 0.717) is 13.2 Å². The van der Waals surface area contributed by atoms with Crippen LogP contribution in [-0.4, -0.2) is 14.8 Å². The Bertz CT molecular complexity index is 827. The first-order chi connectivity index (χ1) is 12.7. The molecule has 0 spiro atoms. The van der Waals surface area contributed by atoms with Gasteiger partial charge < -0.3 is 4.74 Å². The number of aryl methyl sites for hydroxylation is 1. The van der Waals surface area contributed by atoms with Crippen LogP contribution in [0.5, 0.6) is 5.75 Å². The Morgan fingerprint density at radius 2 is 2.04 bits per heavy atom. The van der Waals surface area contributed by atoms with Gasteiger partial charge in [-0.15, -0.1) is 16.8 Å². The Labute approximate surface area is 162 Å².